The Kier molecular flexibility index (Phi) is 34.6. The molecule has 2 fully saturated rings. The molecule has 0 aliphatic carbocycles. The number of pyridine rings is 4. The number of likely N-dealkylation sites (tertiary alicyclic amines) is 1. The van der Waals surface area contributed by atoms with Crippen LogP contribution in [0.4, 0.5) is 44.5 Å². The highest BCUT2D eigenvalue weighted by Gasteiger charge is 2.41. The number of hydrogen-bond donors (Lipinski definition) is 12. The van der Waals surface area contributed by atoms with Gasteiger partial charge in [-0.05, 0) is 208 Å². The van der Waals surface area contributed by atoms with Gasteiger partial charge in [0.2, 0.25) is 0 Å². The molecule has 40 nitrogen and oxygen atoms in total. The number of anilines is 4. The summed E-state index contributed by atoms with van der Waals surface area (Å²) < 4.78 is 31.6. The number of aliphatic hydroxyl groups is 2. The Morgan fingerprint density at radius 2 is 0.709 bits per heavy atom. The van der Waals surface area contributed by atoms with Gasteiger partial charge in [-0.25, -0.2) is 83.8 Å². The van der Waals surface area contributed by atoms with Gasteiger partial charge < -0.3 is 62.1 Å². The fourth-order valence-corrected chi connectivity index (χ4v) is 20.5. The van der Waals surface area contributed by atoms with E-state index < -0.39 is 57.2 Å². The Morgan fingerprint density at radius 1 is 0.419 bits per heavy atom. The summed E-state index contributed by atoms with van der Waals surface area (Å²) in [5.41, 5.74) is 23.1. The molecule has 18 rings (SSSR count). The number of nitrogens with zero attached hydrogens (tertiary/aromatic N) is 17. The average Bonchev–Trinajstić information content (AvgIpc) is 1.63. The summed E-state index contributed by atoms with van der Waals surface area (Å²) in [7, 11) is -0.890. The average molecular weight is 2100 g/mol. The van der Waals surface area contributed by atoms with E-state index in [0.717, 1.165) is 114 Å². The highest BCUT2D eigenvalue weighted by molar-refractivity contribution is 7.85. The lowest BCUT2D eigenvalue weighted by atomic mass is 9.90. The Bertz CT molecular complexity index is 7420. The monoisotopic (exact) mass is 2090 g/mol. The molecule has 0 bridgehead atoms. The maximum atomic E-state index is 12.4. The molecular formula is C103H111N27O13S5. The first-order chi connectivity index (χ1) is 71.0. The summed E-state index contributed by atoms with van der Waals surface area (Å²) in [5.74, 6) is 1.01. The van der Waals surface area contributed by atoms with E-state index in [0.29, 0.717) is 137 Å². The molecule has 2 aliphatic heterocycles. The number of rotatable bonds is 25. The van der Waals surface area contributed by atoms with Gasteiger partial charge in [0.1, 0.15) is 22.3 Å². The minimum Gasteiger partial charge on any atom is -0.454 e. The second kappa shape index (κ2) is 47.9. The van der Waals surface area contributed by atoms with Gasteiger partial charge in [0.05, 0.1) is 69.6 Å². The number of fused-ring (bicyclic) bond motifs is 4. The molecule has 9 amide bonds. The zero-order valence-electron chi connectivity index (χ0n) is 83.1. The third-order valence-electron chi connectivity index (χ3n) is 23.1. The van der Waals surface area contributed by atoms with Crippen LogP contribution in [-0.2, 0) is 45.8 Å². The molecule has 2 aliphatic rings. The number of thiazole rings is 4. The summed E-state index contributed by atoms with van der Waals surface area (Å²) in [6, 6.07) is 37.3. The van der Waals surface area contributed by atoms with Crippen LogP contribution in [0.5, 0.6) is 0 Å². The van der Waals surface area contributed by atoms with Crippen LogP contribution >= 0.6 is 45.3 Å². The van der Waals surface area contributed by atoms with Crippen molar-refractivity contribution in [2.75, 3.05) is 78.6 Å². The Balaban J connectivity index is 0.000000148. The number of hydrogen-bond acceptors (Lipinski definition) is 35. The van der Waals surface area contributed by atoms with E-state index in [-0.39, 0.29) is 42.7 Å². The molecule has 16 aromatic rings. The molecule has 12 aromatic heterocycles. The molecule has 766 valence electrons. The van der Waals surface area contributed by atoms with Gasteiger partial charge >= 0.3 is 42.2 Å². The second-order valence-electron chi connectivity index (χ2n) is 36.0. The number of piperidine rings is 1. The topological polar surface area (TPSA) is 562 Å². The van der Waals surface area contributed by atoms with Crippen LogP contribution in [-0.4, -0.2) is 210 Å². The predicted molar refractivity (Wildman–Crippen MR) is 574 cm³/mol. The summed E-state index contributed by atoms with van der Waals surface area (Å²) in [6.07, 6.45) is 20.1. The van der Waals surface area contributed by atoms with Crippen molar-refractivity contribution in [3.8, 4) is 89.5 Å². The molecule has 3 atom stereocenters. The van der Waals surface area contributed by atoms with E-state index in [1.807, 2.05) is 170 Å². The SMILES string of the molecule is CCNC(=O)Nc1nc2cc(-c3cnc(C(C)OC(=O)C(C)(C)N)nc3)cc(-c3ccccn3)c2s1.CCNC(=O)Nc1nc2cc(-c3cnc(C(C)OC(=O)C(C)CN)nc3)cc(-c3ccccn3)c2s1.CCNC(=O)Nc1nc2cc(-c3cnc(C4(O)CCN(C(=O)OC(C)(C)C)CC4)nc3)cc(-c3ccccn3)c2s1.CCNC(=O)Nc1nc2cc(-c3cnc(C4(O)CCS(=O)CC4)nc3)cc(-c3ccccn3)c2s1. The molecule has 0 spiro atoms. The van der Waals surface area contributed by atoms with E-state index in [2.05, 4.69) is 122 Å². The molecule has 148 heavy (non-hydrogen) atoms. The lowest BCUT2D eigenvalue weighted by Gasteiger charge is -2.37. The minimum absolute atomic E-state index is 0.212. The van der Waals surface area contributed by atoms with Gasteiger partial charge in [0, 0.05) is 200 Å². The molecule has 14 N–H and O–H groups in total. The van der Waals surface area contributed by atoms with Crippen LogP contribution in [0.25, 0.3) is 130 Å². The predicted octanol–water partition coefficient (Wildman–Crippen LogP) is 17.3. The van der Waals surface area contributed by atoms with Crippen molar-refractivity contribution in [2.45, 2.75) is 143 Å². The largest absolute Gasteiger partial charge is 0.454 e. The number of carbonyl (C=O) groups is 7. The zero-order chi connectivity index (χ0) is 105. The van der Waals surface area contributed by atoms with Crippen molar-refractivity contribution in [2.24, 2.45) is 17.4 Å². The first kappa shape index (κ1) is 107. The van der Waals surface area contributed by atoms with Gasteiger partial charge in [-0.2, -0.15) is 0 Å². The van der Waals surface area contributed by atoms with E-state index in [4.69, 9.17) is 25.7 Å². The lowest BCUT2D eigenvalue weighted by molar-refractivity contribution is -0.154. The standard InChI is InChI=1S/C29H33N7O4S.2C25H27N7O3S.C24H24N6O3S2/c1-5-30-25(37)35-26-34-22-15-18(14-20(23(22)41-26)21-8-6-7-11-31-21)19-16-32-24(33-17-19)29(39)9-12-36(13-10-29)27(38)40-28(2,3)4;1-5-27-23(34)32-24-31-19-11-15(10-17(20(19)36-24)18-8-6-7-9-28-18)16-12-29-21(30-13-16)14(2)35-22(33)25(3,4)26;1-4-27-24(34)32-25-31-20-10-16(9-18(21(20)36-25)19-7-5-6-8-28-19)17-12-29-22(30-13-17)15(3)35-23(33)14(2)11-26;1-2-25-22(31)30-23-29-19-12-15(11-17(20(19)34-23)18-5-3-4-8-26-18)16-13-27-21(28-14-16)24(32)6-9-35(33)10-7-24/h6-8,11,14-17,39H,5,9-10,12-13H2,1-4H3,(H2,30,34,35,37);6-14H,5,26H2,1-4H3,(H2,27,31,32,34);5-10,12-15H,4,11,26H2,1-3H3,(H2,27,31,32,34);3-5,8,11-14,32H,2,6-7,9-10H2,1H3,(H2,25,29,30,31). The first-order valence-electron chi connectivity index (χ1n) is 47.7. The highest BCUT2D eigenvalue weighted by atomic mass is 32.2. The Morgan fingerprint density at radius 3 is 0.980 bits per heavy atom. The maximum Gasteiger partial charge on any atom is 0.410 e. The summed E-state index contributed by atoms with van der Waals surface area (Å²) in [4.78, 5) is 159. The maximum absolute atomic E-state index is 12.4. The summed E-state index contributed by atoms with van der Waals surface area (Å²) in [6.45, 7) is 24.1. The van der Waals surface area contributed by atoms with Crippen LogP contribution in [0.1, 0.15) is 144 Å². The van der Waals surface area contributed by atoms with Crippen molar-refractivity contribution >= 4 is 160 Å². The molecular weight excluding hydrogens is 1980 g/mol. The number of aromatic nitrogens is 16. The highest BCUT2D eigenvalue weighted by Crippen LogP contribution is 2.45. The van der Waals surface area contributed by atoms with E-state index in [9.17, 15) is 48.0 Å². The number of ether oxygens (including phenoxy) is 3. The Labute approximate surface area is 869 Å². The van der Waals surface area contributed by atoms with Crippen LogP contribution in [0.3, 0.4) is 0 Å². The number of esters is 2. The van der Waals surface area contributed by atoms with Crippen LogP contribution in [0.15, 0.2) is 196 Å². The minimum atomic E-state index is -1.24. The number of nitrogens with one attached hydrogen (secondary N) is 8. The quantitative estimate of drug-likeness (QED) is 0.0187. The second-order valence-corrected chi connectivity index (χ2v) is 41.7. The molecule has 4 aromatic carbocycles. The van der Waals surface area contributed by atoms with Crippen LogP contribution in [0, 0.1) is 5.92 Å². The van der Waals surface area contributed by atoms with Gasteiger partial charge in [-0.3, -0.25) is 55.0 Å². The lowest BCUT2D eigenvalue weighted by Crippen LogP contribution is -2.47. The van der Waals surface area contributed by atoms with E-state index in [1.54, 1.807) is 114 Å². The van der Waals surface area contributed by atoms with E-state index in [1.165, 1.54) is 45.3 Å². The van der Waals surface area contributed by atoms with Gasteiger partial charge in [-0.15, -0.1) is 0 Å². The molecule has 45 heteroatoms. The molecule has 0 saturated carbocycles. The number of carbonyl (C=O) groups excluding carboxylic acids is 7. The smallest absolute Gasteiger partial charge is 0.410 e. The normalized spacial score (nSPS) is 14.9. The number of benzene rings is 4. The van der Waals surface area contributed by atoms with Crippen LogP contribution in [0.2, 0.25) is 0 Å². The zero-order valence-corrected chi connectivity index (χ0v) is 87.2. The Hall–Kier alpha value is -15.4. The first-order valence-corrected chi connectivity index (χ1v) is 52.4. The molecule has 14 heterocycles. The van der Waals surface area contributed by atoms with Crippen molar-refractivity contribution in [3.63, 3.8) is 0 Å². The molecule has 0 radical (unpaired) electrons. The van der Waals surface area contributed by atoms with Crippen molar-refractivity contribution in [1.29, 1.82) is 0 Å². The molecule has 3 unspecified atom stereocenters. The van der Waals surface area contributed by atoms with Crippen molar-refractivity contribution in [1.82, 2.24) is 106 Å². The van der Waals surface area contributed by atoms with Gasteiger partial charge in [-0.1, -0.05) is 76.5 Å². The summed E-state index contributed by atoms with van der Waals surface area (Å²) >= 11 is 5.52. The summed E-state index contributed by atoms with van der Waals surface area (Å²) in [5, 5.41) is 46.2. The van der Waals surface area contributed by atoms with Crippen molar-refractivity contribution < 1.29 is 62.2 Å². The van der Waals surface area contributed by atoms with E-state index >= 15 is 0 Å². The van der Waals surface area contributed by atoms with Crippen molar-refractivity contribution in [3.05, 3.63) is 219 Å². The fourth-order valence-electron chi connectivity index (χ4n) is 15.3. The number of amides is 9. The fraction of sp³-hybridized carbons (Fsp3) is 0.311. The van der Waals surface area contributed by atoms with Gasteiger partial charge in [0.15, 0.2) is 56.0 Å². The third-order valence-corrected chi connectivity index (χ3v) is 28.5. The number of nitrogens with two attached hydrogens (primary N) is 2. The van der Waals surface area contributed by atoms with Crippen LogP contribution < -0.4 is 54.0 Å². The number of urea groups is 4. The van der Waals surface area contributed by atoms with Gasteiger partial charge in [0.25, 0.3) is 0 Å². The third kappa shape index (κ3) is 26.9. The molecule has 2 saturated heterocycles.